The Hall–Kier alpha value is -2.89. The number of hydrogen-bond donors (Lipinski definition) is 0. The average molecular weight is 419 g/mol. The van der Waals surface area contributed by atoms with Crippen molar-refractivity contribution in [2.75, 3.05) is 0 Å². The number of rotatable bonds is 7. The molecular formula is C23H19ClN4S. The van der Waals surface area contributed by atoms with Gasteiger partial charge in [-0.3, -0.25) is 9.55 Å². The van der Waals surface area contributed by atoms with E-state index < -0.39 is 0 Å². The van der Waals surface area contributed by atoms with E-state index in [-0.39, 0.29) is 5.25 Å². The molecular weight excluding hydrogens is 400 g/mol. The van der Waals surface area contributed by atoms with Crippen molar-refractivity contribution in [1.82, 2.24) is 19.7 Å². The van der Waals surface area contributed by atoms with Gasteiger partial charge in [0.15, 0.2) is 11.0 Å². The number of aromatic nitrogens is 4. The summed E-state index contributed by atoms with van der Waals surface area (Å²) in [7, 11) is 0. The van der Waals surface area contributed by atoms with Crippen LogP contribution in [0.4, 0.5) is 0 Å². The number of thioether (sulfide) groups is 1. The molecule has 0 aliphatic carbocycles. The molecule has 0 saturated carbocycles. The molecule has 0 bridgehead atoms. The van der Waals surface area contributed by atoms with Gasteiger partial charge in [0.05, 0.1) is 5.25 Å². The van der Waals surface area contributed by atoms with Crippen LogP contribution in [-0.4, -0.2) is 19.7 Å². The highest BCUT2D eigenvalue weighted by molar-refractivity contribution is 7.99. The van der Waals surface area contributed by atoms with Crippen LogP contribution in [0.15, 0.2) is 96.9 Å². The minimum absolute atomic E-state index is 0.0616. The lowest BCUT2D eigenvalue weighted by Gasteiger charge is -2.18. The van der Waals surface area contributed by atoms with E-state index in [1.54, 1.807) is 24.2 Å². The van der Waals surface area contributed by atoms with Gasteiger partial charge in [0.2, 0.25) is 0 Å². The molecule has 2 aromatic heterocycles. The SMILES string of the molecule is C=CCn1c(S[C@H](c2ccccc2)c2ccc(Cl)cc2)nnc1-c1ccncc1. The van der Waals surface area contributed by atoms with Gasteiger partial charge in [-0.05, 0) is 35.4 Å². The first kappa shape index (κ1) is 19.4. The van der Waals surface area contributed by atoms with Crippen LogP contribution in [0.5, 0.6) is 0 Å². The number of nitrogens with zero attached hydrogens (tertiary/aromatic N) is 4. The molecule has 0 saturated heterocycles. The van der Waals surface area contributed by atoms with E-state index in [0.717, 1.165) is 27.1 Å². The van der Waals surface area contributed by atoms with E-state index >= 15 is 0 Å². The average Bonchev–Trinajstić information content (AvgIpc) is 3.17. The van der Waals surface area contributed by atoms with Gasteiger partial charge in [0.25, 0.3) is 0 Å². The summed E-state index contributed by atoms with van der Waals surface area (Å²) in [4.78, 5) is 4.09. The third-order valence-corrected chi connectivity index (χ3v) is 6.01. The first-order valence-corrected chi connectivity index (χ1v) is 10.4. The van der Waals surface area contributed by atoms with Crippen molar-refractivity contribution in [1.29, 1.82) is 0 Å². The molecule has 0 amide bonds. The lowest BCUT2D eigenvalue weighted by Crippen LogP contribution is -2.03. The number of pyridine rings is 1. The summed E-state index contributed by atoms with van der Waals surface area (Å²) < 4.78 is 2.08. The van der Waals surface area contributed by atoms with E-state index in [1.165, 1.54) is 5.56 Å². The molecule has 4 aromatic rings. The zero-order chi connectivity index (χ0) is 20.1. The van der Waals surface area contributed by atoms with E-state index in [1.807, 2.05) is 36.4 Å². The van der Waals surface area contributed by atoms with Gasteiger partial charge >= 0.3 is 0 Å². The van der Waals surface area contributed by atoms with Crippen molar-refractivity contribution in [2.24, 2.45) is 0 Å². The van der Waals surface area contributed by atoms with Crippen molar-refractivity contribution in [3.05, 3.63) is 108 Å². The lowest BCUT2D eigenvalue weighted by atomic mass is 10.0. The highest BCUT2D eigenvalue weighted by Crippen LogP contribution is 2.40. The van der Waals surface area contributed by atoms with Crippen LogP contribution in [0.25, 0.3) is 11.4 Å². The molecule has 0 fully saturated rings. The quantitative estimate of drug-likeness (QED) is 0.270. The summed E-state index contributed by atoms with van der Waals surface area (Å²) in [6, 6.07) is 22.2. The van der Waals surface area contributed by atoms with E-state index in [9.17, 15) is 0 Å². The number of halogens is 1. The molecule has 6 heteroatoms. The first-order chi connectivity index (χ1) is 14.3. The molecule has 2 heterocycles. The summed E-state index contributed by atoms with van der Waals surface area (Å²) >= 11 is 7.78. The van der Waals surface area contributed by atoms with Crippen LogP contribution in [0, 0.1) is 0 Å². The van der Waals surface area contributed by atoms with Gasteiger partial charge in [-0.1, -0.05) is 71.9 Å². The molecule has 0 aliphatic rings. The Morgan fingerprint density at radius 1 is 0.931 bits per heavy atom. The zero-order valence-electron chi connectivity index (χ0n) is 15.6. The second kappa shape index (κ2) is 9.07. The van der Waals surface area contributed by atoms with Gasteiger partial charge in [0, 0.05) is 29.5 Å². The van der Waals surface area contributed by atoms with Crippen molar-refractivity contribution < 1.29 is 0 Å². The molecule has 0 N–H and O–H groups in total. The molecule has 144 valence electrons. The standard InChI is InChI=1S/C23H19ClN4S/c1-2-16-28-22(19-12-14-25-15-13-19)26-27-23(28)29-21(17-6-4-3-5-7-17)18-8-10-20(24)11-9-18/h2-15,21H,1,16H2/t21-/m1/s1. The summed E-state index contributed by atoms with van der Waals surface area (Å²) in [6.45, 7) is 4.52. The van der Waals surface area contributed by atoms with Crippen LogP contribution in [0.1, 0.15) is 16.4 Å². The van der Waals surface area contributed by atoms with Gasteiger partial charge in [-0.25, -0.2) is 0 Å². The van der Waals surface area contributed by atoms with Crippen LogP contribution in [0.3, 0.4) is 0 Å². The van der Waals surface area contributed by atoms with Gasteiger partial charge in [-0.2, -0.15) is 0 Å². The predicted molar refractivity (Wildman–Crippen MR) is 119 cm³/mol. The fraction of sp³-hybridized carbons (Fsp3) is 0.0870. The second-order valence-corrected chi connectivity index (χ2v) is 7.91. The summed E-state index contributed by atoms with van der Waals surface area (Å²) in [5.41, 5.74) is 3.33. The number of allylic oxidation sites excluding steroid dienone is 1. The largest absolute Gasteiger partial charge is 0.298 e. The van der Waals surface area contributed by atoms with E-state index in [0.29, 0.717) is 6.54 Å². The Morgan fingerprint density at radius 2 is 1.62 bits per heavy atom. The van der Waals surface area contributed by atoms with Crippen molar-refractivity contribution >= 4 is 23.4 Å². The zero-order valence-corrected chi connectivity index (χ0v) is 17.2. The fourth-order valence-corrected chi connectivity index (χ4v) is 4.38. The third kappa shape index (κ3) is 4.42. The van der Waals surface area contributed by atoms with Gasteiger partial charge < -0.3 is 0 Å². The molecule has 29 heavy (non-hydrogen) atoms. The molecule has 4 rings (SSSR count). The van der Waals surface area contributed by atoms with Gasteiger partial charge in [0.1, 0.15) is 0 Å². The Labute approximate surface area is 179 Å². The van der Waals surface area contributed by atoms with Crippen LogP contribution in [-0.2, 0) is 6.54 Å². The summed E-state index contributed by atoms with van der Waals surface area (Å²) in [6.07, 6.45) is 5.38. The van der Waals surface area contributed by atoms with E-state index in [2.05, 4.69) is 62.7 Å². The number of benzene rings is 2. The number of hydrogen-bond acceptors (Lipinski definition) is 4. The summed E-state index contributed by atoms with van der Waals surface area (Å²) in [5, 5.41) is 10.6. The predicted octanol–water partition coefficient (Wildman–Crippen LogP) is 6.06. The van der Waals surface area contributed by atoms with Crippen LogP contribution < -0.4 is 0 Å². The van der Waals surface area contributed by atoms with Gasteiger partial charge in [-0.15, -0.1) is 16.8 Å². The molecule has 4 nitrogen and oxygen atoms in total. The van der Waals surface area contributed by atoms with Crippen molar-refractivity contribution in [3.8, 4) is 11.4 Å². The minimum Gasteiger partial charge on any atom is -0.298 e. The molecule has 0 spiro atoms. The van der Waals surface area contributed by atoms with E-state index in [4.69, 9.17) is 11.6 Å². The normalized spacial score (nSPS) is 11.9. The molecule has 2 aromatic carbocycles. The van der Waals surface area contributed by atoms with Crippen LogP contribution in [0.2, 0.25) is 5.02 Å². The molecule has 1 atom stereocenters. The maximum Gasteiger partial charge on any atom is 0.192 e. The lowest BCUT2D eigenvalue weighted by molar-refractivity contribution is 0.729. The Bertz CT molecular complexity index is 1080. The third-order valence-electron chi connectivity index (χ3n) is 4.47. The minimum atomic E-state index is 0.0616. The van der Waals surface area contributed by atoms with Crippen molar-refractivity contribution in [3.63, 3.8) is 0 Å². The fourth-order valence-electron chi connectivity index (χ4n) is 3.08. The Kier molecular flexibility index (Phi) is 6.08. The van der Waals surface area contributed by atoms with Crippen LogP contribution >= 0.6 is 23.4 Å². The first-order valence-electron chi connectivity index (χ1n) is 9.18. The molecule has 0 radical (unpaired) electrons. The maximum absolute atomic E-state index is 6.11. The molecule has 0 aliphatic heterocycles. The highest BCUT2D eigenvalue weighted by atomic mass is 35.5. The smallest absolute Gasteiger partial charge is 0.192 e. The summed E-state index contributed by atoms with van der Waals surface area (Å²) in [5.74, 6) is 0.803. The topological polar surface area (TPSA) is 43.6 Å². The monoisotopic (exact) mass is 418 g/mol. The maximum atomic E-state index is 6.11. The van der Waals surface area contributed by atoms with Crippen molar-refractivity contribution in [2.45, 2.75) is 17.0 Å². The Balaban J connectivity index is 1.75. The second-order valence-electron chi connectivity index (χ2n) is 6.40. The Morgan fingerprint density at radius 3 is 2.31 bits per heavy atom. The highest BCUT2D eigenvalue weighted by Gasteiger charge is 2.21. The molecule has 0 unspecified atom stereocenters.